The van der Waals surface area contributed by atoms with Gasteiger partial charge in [-0.25, -0.2) is 0 Å². The summed E-state index contributed by atoms with van der Waals surface area (Å²) < 4.78 is 10.4. The lowest BCUT2D eigenvalue weighted by Gasteiger charge is -2.31. The quantitative estimate of drug-likeness (QED) is 0.465. The molecule has 0 amide bonds. The SMILES string of the molecule is CCOC(=O)[C@@H]1C(=O)OC(C)(C)[C@@H]1[C@H](C)C(=O)c1ccc(C)cc1C. The Balaban J connectivity index is 2.39. The zero-order valence-electron chi connectivity index (χ0n) is 15.7. The fraction of sp³-hybridized carbons (Fsp3) is 0.550. The molecule has 1 aromatic carbocycles. The molecule has 0 aliphatic carbocycles. The monoisotopic (exact) mass is 346 g/mol. The average molecular weight is 346 g/mol. The highest BCUT2D eigenvalue weighted by molar-refractivity contribution is 6.02. The second-order valence-electron chi connectivity index (χ2n) is 7.25. The number of hydrogen-bond donors (Lipinski definition) is 0. The number of hydrogen-bond acceptors (Lipinski definition) is 5. The Morgan fingerprint density at radius 3 is 2.48 bits per heavy atom. The molecule has 1 saturated heterocycles. The van der Waals surface area contributed by atoms with Crippen molar-refractivity contribution in [2.75, 3.05) is 6.61 Å². The molecule has 136 valence electrons. The Morgan fingerprint density at radius 1 is 1.28 bits per heavy atom. The lowest BCUT2D eigenvalue weighted by molar-refractivity contribution is -0.157. The highest BCUT2D eigenvalue weighted by Gasteiger charge is 2.57. The number of carbonyl (C=O) groups excluding carboxylic acids is 3. The summed E-state index contributed by atoms with van der Waals surface area (Å²) in [6.07, 6.45) is 0. The number of carbonyl (C=O) groups is 3. The van der Waals surface area contributed by atoms with Crippen molar-refractivity contribution in [3.8, 4) is 0 Å². The van der Waals surface area contributed by atoms with E-state index in [1.165, 1.54) is 0 Å². The first-order chi connectivity index (χ1) is 11.6. The van der Waals surface area contributed by atoms with Gasteiger partial charge in [-0.2, -0.15) is 0 Å². The Morgan fingerprint density at radius 2 is 1.92 bits per heavy atom. The fourth-order valence-electron chi connectivity index (χ4n) is 3.80. The van der Waals surface area contributed by atoms with Gasteiger partial charge in [0.05, 0.1) is 6.61 Å². The van der Waals surface area contributed by atoms with E-state index >= 15 is 0 Å². The fourth-order valence-corrected chi connectivity index (χ4v) is 3.80. The maximum absolute atomic E-state index is 13.1. The minimum Gasteiger partial charge on any atom is -0.465 e. The van der Waals surface area contributed by atoms with E-state index in [0.29, 0.717) is 5.56 Å². The molecule has 1 aromatic rings. The zero-order valence-corrected chi connectivity index (χ0v) is 15.7. The largest absolute Gasteiger partial charge is 0.465 e. The molecule has 5 nitrogen and oxygen atoms in total. The summed E-state index contributed by atoms with van der Waals surface area (Å²) in [6, 6.07) is 5.63. The lowest BCUT2D eigenvalue weighted by atomic mass is 9.72. The second-order valence-corrected chi connectivity index (χ2v) is 7.25. The van der Waals surface area contributed by atoms with Crippen molar-refractivity contribution >= 4 is 17.7 Å². The van der Waals surface area contributed by atoms with Gasteiger partial charge >= 0.3 is 11.9 Å². The molecule has 0 N–H and O–H groups in total. The number of esters is 2. The highest BCUT2D eigenvalue weighted by Crippen LogP contribution is 2.43. The normalized spacial score (nSPS) is 23.0. The van der Waals surface area contributed by atoms with Crippen LogP contribution in [-0.4, -0.2) is 29.9 Å². The van der Waals surface area contributed by atoms with E-state index in [-0.39, 0.29) is 12.4 Å². The minimum absolute atomic E-state index is 0.0943. The van der Waals surface area contributed by atoms with Crippen LogP contribution >= 0.6 is 0 Å². The van der Waals surface area contributed by atoms with Gasteiger partial charge < -0.3 is 9.47 Å². The van der Waals surface area contributed by atoms with Crippen LogP contribution in [-0.2, 0) is 19.1 Å². The number of ether oxygens (including phenoxy) is 2. The van der Waals surface area contributed by atoms with Gasteiger partial charge in [0.2, 0.25) is 0 Å². The number of benzene rings is 1. The van der Waals surface area contributed by atoms with E-state index < -0.39 is 35.3 Å². The maximum atomic E-state index is 13.1. The highest BCUT2D eigenvalue weighted by atomic mass is 16.6. The molecule has 1 aliphatic rings. The summed E-state index contributed by atoms with van der Waals surface area (Å²) >= 11 is 0. The van der Waals surface area contributed by atoms with Crippen LogP contribution in [0.5, 0.6) is 0 Å². The van der Waals surface area contributed by atoms with Gasteiger partial charge in [-0.3, -0.25) is 14.4 Å². The van der Waals surface area contributed by atoms with E-state index in [2.05, 4.69) is 0 Å². The van der Waals surface area contributed by atoms with Crippen molar-refractivity contribution in [2.45, 2.75) is 47.1 Å². The Bertz CT molecular complexity index is 704. The molecule has 0 unspecified atom stereocenters. The second kappa shape index (κ2) is 6.98. The number of ketones is 1. The van der Waals surface area contributed by atoms with Crippen LogP contribution in [0.25, 0.3) is 0 Å². The van der Waals surface area contributed by atoms with Gasteiger partial charge in [0.15, 0.2) is 11.7 Å². The third-order valence-corrected chi connectivity index (χ3v) is 4.92. The summed E-state index contributed by atoms with van der Waals surface area (Å²) in [5, 5.41) is 0. The summed E-state index contributed by atoms with van der Waals surface area (Å²) in [6.45, 7) is 10.9. The molecule has 1 aliphatic heterocycles. The Labute approximate surface area is 148 Å². The third kappa shape index (κ3) is 3.60. The van der Waals surface area contributed by atoms with Crippen molar-refractivity contribution in [2.24, 2.45) is 17.8 Å². The van der Waals surface area contributed by atoms with Crippen LogP contribution in [0.1, 0.15) is 49.2 Å². The van der Waals surface area contributed by atoms with Crippen LogP contribution in [0.3, 0.4) is 0 Å². The van der Waals surface area contributed by atoms with Gasteiger partial charge in [-0.05, 0) is 40.2 Å². The van der Waals surface area contributed by atoms with Crippen LogP contribution < -0.4 is 0 Å². The standard InChI is InChI=1S/C20H26O5/c1-7-24-18(22)15-16(20(5,6)25-19(15)23)13(4)17(21)14-9-8-11(2)10-12(14)3/h8-10,13,15-16H,7H2,1-6H3/t13-,15+,16+/m0/s1. The number of aryl methyl sites for hydroxylation is 2. The smallest absolute Gasteiger partial charge is 0.321 e. The van der Waals surface area contributed by atoms with E-state index in [0.717, 1.165) is 11.1 Å². The molecule has 0 bridgehead atoms. The summed E-state index contributed by atoms with van der Waals surface area (Å²) in [5.41, 5.74) is 1.65. The first-order valence-corrected chi connectivity index (χ1v) is 8.61. The van der Waals surface area contributed by atoms with Gasteiger partial charge in [-0.1, -0.05) is 30.7 Å². The van der Waals surface area contributed by atoms with Crippen LogP contribution in [0.2, 0.25) is 0 Å². The number of cyclic esters (lactones) is 1. The molecule has 0 saturated carbocycles. The molecule has 3 atom stereocenters. The zero-order chi connectivity index (χ0) is 18.9. The van der Waals surface area contributed by atoms with E-state index in [4.69, 9.17) is 9.47 Å². The molecule has 1 fully saturated rings. The predicted octanol–water partition coefficient (Wildman–Crippen LogP) is 3.25. The topological polar surface area (TPSA) is 69.7 Å². The molecule has 5 heteroatoms. The first kappa shape index (κ1) is 19.2. The summed E-state index contributed by atoms with van der Waals surface area (Å²) in [4.78, 5) is 37.6. The van der Waals surface area contributed by atoms with Crippen molar-refractivity contribution < 1.29 is 23.9 Å². The van der Waals surface area contributed by atoms with E-state index in [9.17, 15) is 14.4 Å². The molecular formula is C20H26O5. The maximum Gasteiger partial charge on any atom is 0.321 e. The predicted molar refractivity (Wildman–Crippen MR) is 93.2 cm³/mol. The lowest BCUT2D eigenvalue weighted by Crippen LogP contribution is -2.41. The van der Waals surface area contributed by atoms with Crippen molar-refractivity contribution in [1.82, 2.24) is 0 Å². The number of rotatable bonds is 5. The first-order valence-electron chi connectivity index (χ1n) is 8.61. The van der Waals surface area contributed by atoms with Crippen LogP contribution in [0.4, 0.5) is 0 Å². The van der Waals surface area contributed by atoms with Crippen LogP contribution in [0.15, 0.2) is 18.2 Å². The number of Topliss-reactive ketones (excluding diaryl/α,β-unsaturated/α-hetero) is 1. The molecule has 0 aromatic heterocycles. The van der Waals surface area contributed by atoms with Crippen molar-refractivity contribution in [1.29, 1.82) is 0 Å². The molecule has 25 heavy (non-hydrogen) atoms. The van der Waals surface area contributed by atoms with Gasteiger partial charge in [-0.15, -0.1) is 0 Å². The molecular weight excluding hydrogens is 320 g/mol. The van der Waals surface area contributed by atoms with E-state index in [1.807, 2.05) is 26.0 Å². The summed E-state index contributed by atoms with van der Waals surface area (Å²) in [5.74, 6) is -3.54. The molecule has 0 spiro atoms. The minimum atomic E-state index is -1.07. The summed E-state index contributed by atoms with van der Waals surface area (Å²) in [7, 11) is 0. The van der Waals surface area contributed by atoms with Gasteiger partial charge in [0.1, 0.15) is 5.60 Å². The molecule has 0 radical (unpaired) electrons. The van der Waals surface area contributed by atoms with Crippen molar-refractivity contribution in [3.05, 3.63) is 34.9 Å². The van der Waals surface area contributed by atoms with E-state index in [1.54, 1.807) is 33.8 Å². The molecule has 1 heterocycles. The Hall–Kier alpha value is -2.17. The third-order valence-electron chi connectivity index (χ3n) is 4.92. The van der Waals surface area contributed by atoms with Crippen LogP contribution in [0, 0.1) is 31.6 Å². The average Bonchev–Trinajstić information content (AvgIpc) is 2.75. The van der Waals surface area contributed by atoms with Crippen molar-refractivity contribution in [3.63, 3.8) is 0 Å². The Kier molecular flexibility index (Phi) is 5.35. The van der Waals surface area contributed by atoms with Gasteiger partial charge in [0, 0.05) is 17.4 Å². The van der Waals surface area contributed by atoms with Gasteiger partial charge in [0.25, 0.3) is 0 Å². The molecule has 2 rings (SSSR count).